The Morgan fingerprint density at radius 3 is 3.20 bits per heavy atom. The van der Waals surface area contributed by atoms with E-state index in [-0.39, 0.29) is 0 Å². The lowest BCUT2D eigenvalue weighted by molar-refractivity contribution is 0.378. The normalized spacial score (nSPS) is 24.2. The fourth-order valence-corrected chi connectivity index (χ4v) is 1.45. The van der Waals surface area contributed by atoms with E-state index in [0.29, 0.717) is 5.25 Å². The second-order valence-corrected chi connectivity index (χ2v) is 3.18. The minimum Gasteiger partial charge on any atom is -0.315 e. The van der Waals surface area contributed by atoms with Crippen LogP contribution in [0, 0.1) is 0 Å². The summed E-state index contributed by atoms with van der Waals surface area (Å²) in [5.41, 5.74) is 0. The lowest BCUT2D eigenvalue weighted by atomic mass is 10.5. The highest BCUT2D eigenvalue weighted by Gasteiger charge is 2.14. The van der Waals surface area contributed by atoms with Crippen LogP contribution in [0.4, 0.5) is 0 Å². The summed E-state index contributed by atoms with van der Waals surface area (Å²) in [6, 6.07) is 0. The van der Waals surface area contributed by atoms with Crippen LogP contribution in [0.15, 0.2) is 5.10 Å². The molecule has 0 bridgehead atoms. The largest absolute Gasteiger partial charge is 0.315 e. The van der Waals surface area contributed by atoms with Crippen molar-refractivity contribution in [3.8, 4) is 0 Å². The van der Waals surface area contributed by atoms with Crippen molar-refractivity contribution in [2.24, 2.45) is 5.10 Å². The monoisotopic (exact) mass is 160 g/mol. The second kappa shape index (κ2) is 3.83. The Morgan fingerprint density at radius 1 is 1.90 bits per heavy atom. The zero-order valence-electron chi connectivity index (χ0n) is 6.28. The minimum absolute atomic E-state index is 0.421. The van der Waals surface area contributed by atoms with Crippen LogP contribution in [0.25, 0.3) is 0 Å². The average Bonchev–Trinajstić information content (AvgIpc) is 2.31. The summed E-state index contributed by atoms with van der Waals surface area (Å²) < 4.78 is 5.16. The van der Waals surface area contributed by atoms with Gasteiger partial charge in [0.1, 0.15) is 0 Å². The van der Waals surface area contributed by atoms with Crippen molar-refractivity contribution in [1.29, 1.82) is 0 Å². The number of rotatable bonds is 3. The van der Waals surface area contributed by atoms with Crippen LogP contribution in [0.3, 0.4) is 0 Å². The van der Waals surface area contributed by atoms with Gasteiger partial charge in [0.25, 0.3) is 0 Å². The molecule has 0 fully saturated rings. The van der Waals surface area contributed by atoms with Crippen LogP contribution in [-0.2, 0) is 4.18 Å². The van der Waals surface area contributed by atoms with Crippen LogP contribution in [0.2, 0.25) is 0 Å². The minimum atomic E-state index is 0.421. The Morgan fingerprint density at radius 2 is 2.70 bits per heavy atom. The molecule has 0 aromatic rings. The molecule has 58 valence electrons. The first-order valence-corrected chi connectivity index (χ1v) is 4.17. The summed E-state index contributed by atoms with van der Waals surface area (Å²) in [4.78, 5) is 0. The van der Waals surface area contributed by atoms with E-state index in [0.717, 1.165) is 13.2 Å². The second-order valence-electron chi connectivity index (χ2n) is 2.15. The van der Waals surface area contributed by atoms with Crippen molar-refractivity contribution in [3.05, 3.63) is 0 Å². The number of nitrogens with zero attached hydrogens (tertiary/aromatic N) is 2. The Bertz CT molecular complexity index is 129. The molecule has 3 nitrogen and oxygen atoms in total. The average molecular weight is 160 g/mol. The molecule has 1 rings (SSSR count). The molecule has 0 saturated carbocycles. The van der Waals surface area contributed by atoms with Crippen LogP contribution >= 0.6 is 12.0 Å². The summed E-state index contributed by atoms with van der Waals surface area (Å²) in [6.07, 6.45) is 1.92. The maximum Gasteiger partial charge on any atom is 0.0872 e. The van der Waals surface area contributed by atoms with Gasteiger partial charge in [-0.2, -0.15) is 5.10 Å². The van der Waals surface area contributed by atoms with Crippen molar-refractivity contribution in [2.75, 3.05) is 20.2 Å². The summed E-state index contributed by atoms with van der Waals surface area (Å²) >= 11 is 1.50. The molecular weight excluding hydrogens is 148 g/mol. The molecule has 0 aliphatic carbocycles. The predicted molar refractivity (Wildman–Crippen MR) is 44.1 cm³/mol. The van der Waals surface area contributed by atoms with Gasteiger partial charge in [0.15, 0.2) is 0 Å². The Labute approximate surface area is 65.6 Å². The molecule has 4 heteroatoms. The molecule has 1 aliphatic rings. The molecular formula is C6H12N2OS. The molecule has 10 heavy (non-hydrogen) atoms. The topological polar surface area (TPSA) is 24.8 Å². The Kier molecular flexibility index (Phi) is 3.02. The number of hydrogen-bond donors (Lipinski definition) is 0. The van der Waals surface area contributed by atoms with Gasteiger partial charge in [0.05, 0.1) is 18.4 Å². The third-order valence-electron chi connectivity index (χ3n) is 1.18. The maximum atomic E-state index is 5.16. The van der Waals surface area contributed by atoms with E-state index in [2.05, 4.69) is 5.10 Å². The van der Waals surface area contributed by atoms with E-state index in [4.69, 9.17) is 4.18 Å². The van der Waals surface area contributed by atoms with Crippen LogP contribution < -0.4 is 0 Å². The molecule has 0 amide bonds. The molecule has 1 atom stereocenters. The lowest BCUT2D eigenvalue weighted by Crippen LogP contribution is -2.15. The molecule has 0 unspecified atom stereocenters. The fraction of sp³-hybridized carbons (Fsp3) is 0.833. The molecule has 0 saturated heterocycles. The van der Waals surface area contributed by atoms with Gasteiger partial charge in [-0.3, -0.25) is 5.01 Å². The van der Waals surface area contributed by atoms with E-state index in [1.807, 2.05) is 25.2 Å². The molecule has 0 radical (unpaired) electrons. The van der Waals surface area contributed by atoms with E-state index < -0.39 is 0 Å². The van der Waals surface area contributed by atoms with E-state index in [1.54, 1.807) is 0 Å². The predicted octanol–water partition coefficient (Wildman–Crippen LogP) is 0.971. The SMILES string of the molecule is CCOS[C@H]1C=NN(C)C1. The van der Waals surface area contributed by atoms with Gasteiger partial charge >= 0.3 is 0 Å². The zero-order valence-corrected chi connectivity index (χ0v) is 7.10. The Balaban J connectivity index is 2.14. The van der Waals surface area contributed by atoms with Gasteiger partial charge in [0.2, 0.25) is 0 Å². The van der Waals surface area contributed by atoms with Crippen molar-refractivity contribution in [3.63, 3.8) is 0 Å². The van der Waals surface area contributed by atoms with Crippen LogP contribution in [-0.4, -0.2) is 36.7 Å². The smallest absolute Gasteiger partial charge is 0.0872 e. The quantitative estimate of drug-likeness (QED) is 0.575. The van der Waals surface area contributed by atoms with Gasteiger partial charge in [-0.25, -0.2) is 0 Å². The van der Waals surface area contributed by atoms with Crippen LogP contribution in [0.1, 0.15) is 6.92 Å². The van der Waals surface area contributed by atoms with Crippen LogP contribution in [0.5, 0.6) is 0 Å². The van der Waals surface area contributed by atoms with E-state index in [9.17, 15) is 0 Å². The third-order valence-corrected chi connectivity index (χ3v) is 2.07. The highest BCUT2D eigenvalue weighted by atomic mass is 32.2. The van der Waals surface area contributed by atoms with E-state index >= 15 is 0 Å². The summed E-state index contributed by atoms with van der Waals surface area (Å²) in [5, 5.41) is 6.41. The fourth-order valence-electron chi connectivity index (χ4n) is 0.754. The first kappa shape index (κ1) is 7.88. The molecule has 1 heterocycles. The van der Waals surface area contributed by atoms with Gasteiger partial charge in [-0.15, -0.1) is 0 Å². The number of hydrazone groups is 1. The molecule has 0 aromatic heterocycles. The molecule has 0 N–H and O–H groups in total. The standard InChI is InChI=1S/C6H12N2OS/c1-3-9-10-6-4-7-8(2)5-6/h4,6H,3,5H2,1-2H3/t6-/m0/s1. The van der Waals surface area contributed by atoms with Gasteiger partial charge in [-0.1, -0.05) is 0 Å². The first-order valence-electron chi connectivity index (χ1n) is 3.36. The maximum absolute atomic E-state index is 5.16. The van der Waals surface area contributed by atoms with Crippen molar-refractivity contribution < 1.29 is 4.18 Å². The van der Waals surface area contributed by atoms with Crippen molar-refractivity contribution in [1.82, 2.24) is 5.01 Å². The van der Waals surface area contributed by atoms with Gasteiger partial charge in [-0.05, 0) is 6.92 Å². The van der Waals surface area contributed by atoms with E-state index in [1.165, 1.54) is 12.0 Å². The molecule has 0 aromatic carbocycles. The summed E-state index contributed by atoms with van der Waals surface area (Å²) in [6.45, 7) is 3.71. The molecule has 0 spiro atoms. The summed E-state index contributed by atoms with van der Waals surface area (Å²) in [5.74, 6) is 0. The Hall–Kier alpha value is -0.220. The van der Waals surface area contributed by atoms with Gasteiger partial charge < -0.3 is 4.18 Å². The third kappa shape index (κ3) is 2.19. The highest BCUT2D eigenvalue weighted by molar-refractivity contribution is 7.96. The van der Waals surface area contributed by atoms with Gasteiger partial charge in [0, 0.05) is 25.3 Å². The highest BCUT2D eigenvalue weighted by Crippen LogP contribution is 2.15. The summed E-state index contributed by atoms with van der Waals surface area (Å²) in [7, 11) is 1.96. The first-order chi connectivity index (χ1) is 4.83. The lowest BCUT2D eigenvalue weighted by Gasteiger charge is -2.07. The molecule has 1 aliphatic heterocycles. The zero-order chi connectivity index (χ0) is 7.40. The number of hydrogen-bond acceptors (Lipinski definition) is 4. The van der Waals surface area contributed by atoms with Crippen molar-refractivity contribution >= 4 is 18.3 Å². The van der Waals surface area contributed by atoms with Crippen molar-refractivity contribution in [2.45, 2.75) is 12.2 Å².